The first-order valence-corrected chi connectivity index (χ1v) is 10.1. The molecule has 0 radical (unpaired) electrons. The number of carbonyl (C=O) groups is 2. The van der Waals surface area contributed by atoms with Crippen molar-refractivity contribution >= 4 is 34.4 Å². The Balaban J connectivity index is 1.65. The number of fused-ring (bicyclic) bond motifs is 1. The van der Waals surface area contributed by atoms with Crippen molar-refractivity contribution in [2.24, 2.45) is 0 Å². The standard InChI is InChI=1S/C21H22N2O4S/c1-13-18(14(2)27-23-13)11-28-12-20(24)22-19(10-21(25)26)17-8-7-15-5-3-4-6-16(15)9-17/h3-9,19H,10-12H2,1-2H3,(H,22,24)(H,25,26)/t19-/m0/s1. The topological polar surface area (TPSA) is 92.4 Å². The van der Waals surface area contributed by atoms with Crippen molar-refractivity contribution in [1.29, 1.82) is 0 Å². The zero-order valence-electron chi connectivity index (χ0n) is 15.8. The normalized spacial score (nSPS) is 12.1. The van der Waals surface area contributed by atoms with Crippen LogP contribution in [0.2, 0.25) is 0 Å². The molecule has 1 heterocycles. The number of carboxylic acid groups (broad SMARTS) is 1. The number of aromatic nitrogens is 1. The van der Waals surface area contributed by atoms with E-state index >= 15 is 0 Å². The van der Waals surface area contributed by atoms with Gasteiger partial charge in [0.05, 0.1) is 23.9 Å². The van der Waals surface area contributed by atoms with Gasteiger partial charge in [0.1, 0.15) is 5.76 Å². The Bertz CT molecular complexity index is 979. The number of hydrogen-bond acceptors (Lipinski definition) is 5. The molecule has 3 aromatic rings. The molecular weight excluding hydrogens is 376 g/mol. The molecule has 0 bridgehead atoms. The fourth-order valence-corrected chi connectivity index (χ4v) is 4.03. The van der Waals surface area contributed by atoms with Gasteiger partial charge >= 0.3 is 5.97 Å². The van der Waals surface area contributed by atoms with Gasteiger partial charge in [0.2, 0.25) is 5.91 Å². The molecule has 0 saturated carbocycles. The zero-order chi connectivity index (χ0) is 20.1. The van der Waals surface area contributed by atoms with Crippen molar-refractivity contribution in [3.63, 3.8) is 0 Å². The highest BCUT2D eigenvalue weighted by molar-refractivity contribution is 7.99. The van der Waals surface area contributed by atoms with Crippen LogP contribution in [0.4, 0.5) is 0 Å². The first-order chi connectivity index (χ1) is 13.4. The van der Waals surface area contributed by atoms with E-state index < -0.39 is 12.0 Å². The van der Waals surface area contributed by atoms with Crippen molar-refractivity contribution in [3.8, 4) is 0 Å². The van der Waals surface area contributed by atoms with Gasteiger partial charge in [-0.1, -0.05) is 41.6 Å². The molecule has 146 valence electrons. The van der Waals surface area contributed by atoms with Gasteiger partial charge < -0.3 is 14.9 Å². The van der Waals surface area contributed by atoms with Gasteiger partial charge in [-0.05, 0) is 36.2 Å². The molecule has 0 unspecified atom stereocenters. The molecule has 6 nitrogen and oxygen atoms in total. The third kappa shape index (κ3) is 4.92. The van der Waals surface area contributed by atoms with E-state index in [1.807, 2.05) is 56.3 Å². The van der Waals surface area contributed by atoms with Crippen molar-refractivity contribution in [2.75, 3.05) is 5.75 Å². The molecule has 7 heteroatoms. The molecule has 1 aromatic heterocycles. The van der Waals surface area contributed by atoms with Gasteiger partial charge in [0.15, 0.2) is 0 Å². The Morgan fingerprint density at radius 3 is 2.61 bits per heavy atom. The quantitative estimate of drug-likeness (QED) is 0.596. The lowest BCUT2D eigenvalue weighted by Gasteiger charge is -2.18. The number of aryl methyl sites for hydroxylation is 2. The molecule has 0 aliphatic carbocycles. The molecule has 3 rings (SSSR count). The number of carbonyl (C=O) groups excluding carboxylic acids is 1. The van der Waals surface area contributed by atoms with Crippen LogP contribution in [0.15, 0.2) is 47.0 Å². The lowest BCUT2D eigenvalue weighted by Crippen LogP contribution is -2.31. The number of benzene rings is 2. The Kier molecular flexibility index (Phi) is 6.36. The maximum Gasteiger partial charge on any atom is 0.305 e. The smallest absolute Gasteiger partial charge is 0.305 e. The summed E-state index contributed by atoms with van der Waals surface area (Å²) in [5, 5.41) is 18.1. The SMILES string of the molecule is Cc1noc(C)c1CSCC(=O)N[C@@H](CC(=O)O)c1ccc2ccccc2c1. The minimum Gasteiger partial charge on any atom is -0.481 e. The highest BCUT2D eigenvalue weighted by Crippen LogP contribution is 2.24. The summed E-state index contributed by atoms with van der Waals surface area (Å²) in [5.74, 6) is 0.449. The fraction of sp³-hybridized carbons (Fsp3) is 0.286. The third-order valence-corrected chi connectivity index (χ3v) is 5.51. The van der Waals surface area contributed by atoms with Crippen LogP contribution in [-0.2, 0) is 15.3 Å². The summed E-state index contributed by atoms with van der Waals surface area (Å²) in [6.45, 7) is 3.72. The van der Waals surface area contributed by atoms with Gasteiger partial charge in [-0.3, -0.25) is 9.59 Å². The van der Waals surface area contributed by atoms with Gasteiger partial charge in [0.25, 0.3) is 0 Å². The van der Waals surface area contributed by atoms with Crippen LogP contribution in [0.1, 0.15) is 35.0 Å². The van der Waals surface area contributed by atoms with Crippen LogP contribution in [0.25, 0.3) is 10.8 Å². The van der Waals surface area contributed by atoms with E-state index in [2.05, 4.69) is 10.5 Å². The Hall–Kier alpha value is -2.80. The predicted molar refractivity (Wildman–Crippen MR) is 109 cm³/mol. The van der Waals surface area contributed by atoms with E-state index in [9.17, 15) is 14.7 Å². The van der Waals surface area contributed by atoms with Gasteiger partial charge in [-0.2, -0.15) is 0 Å². The summed E-state index contributed by atoms with van der Waals surface area (Å²) >= 11 is 1.45. The summed E-state index contributed by atoms with van der Waals surface area (Å²) < 4.78 is 5.12. The number of thioether (sulfide) groups is 1. The maximum absolute atomic E-state index is 12.4. The molecule has 2 N–H and O–H groups in total. The zero-order valence-corrected chi connectivity index (χ0v) is 16.6. The van der Waals surface area contributed by atoms with Crippen LogP contribution >= 0.6 is 11.8 Å². The number of nitrogens with one attached hydrogen (secondary N) is 1. The van der Waals surface area contributed by atoms with Gasteiger partial charge in [-0.25, -0.2) is 0 Å². The first-order valence-electron chi connectivity index (χ1n) is 8.93. The van der Waals surface area contributed by atoms with E-state index in [0.29, 0.717) is 5.75 Å². The first kappa shape index (κ1) is 19.9. The fourth-order valence-electron chi connectivity index (χ4n) is 3.04. The predicted octanol–water partition coefficient (Wildman–Crippen LogP) is 4.01. The largest absolute Gasteiger partial charge is 0.481 e. The summed E-state index contributed by atoms with van der Waals surface area (Å²) in [5.41, 5.74) is 2.60. The number of hydrogen-bond donors (Lipinski definition) is 2. The van der Waals surface area contributed by atoms with Crippen molar-refractivity contribution in [3.05, 3.63) is 65.0 Å². The number of amides is 1. The molecule has 28 heavy (non-hydrogen) atoms. The minimum atomic E-state index is -0.957. The number of nitrogens with zero attached hydrogens (tertiary/aromatic N) is 1. The highest BCUT2D eigenvalue weighted by atomic mass is 32.2. The molecule has 0 aliphatic heterocycles. The molecule has 0 saturated heterocycles. The lowest BCUT2D eigenvalue weighted by atomic mass is 9.99. The molecular formula is C21H22N2O4S. The van der Waals surface area contributed by atoms with Crippen LogP contribution in [0.5, 0.6) is 0 Å². The third-order valence-electron chi connectivity index (χ3n) is 4.55. The number of carboxylic acids is 1. The lowest BCUT2D eigenvalue weighted by molar-refractivity contribution is -0.137. The molecule has 0 fully saturated rings. The molecule has 2 aromatic carbocycles. The Morgan fingerprint density at radius 1 is 1.18 bits per heavy atom. The van der Waals surface area contributed by atoms with Crippen LogP contribution < -0.4 is 5.32 Å². The maximum atomic E-state index is 12.4. The van der Waals surface area contributed by atoms with E-state index in [0.717, 1.165) is 33.4 Å². The number of aliphatic carboxylic acids is 1. The summed E-state index contributed by atoms with van der Waals surface area (Å²) in [6.07, 6.45) is -0.168. The summed E-state index contributed by atoms with van der Waals surface area (Å²) in [7, 11) is 0. The van der Waals surface area contributed by atoms with Gasteiger partial charge in [-0.15, -0.1) is 11.8 Å². The average Bonchev–Trinajstić information content (AvgIpc) is 2.99. The van der Waals surface area contributed by atoms with Crippen LogP contribution in [0, 0.1) is 13.8 Å². The van der Waals surface area contributed by atoms with Gasteiger partial charge in [0, 0.05) is 11.3 Å². The average molecular weight is 398 g/mol. The second kappa shape index (κ2) is 8.93. The van der Waals surface area contributed by atoms with E-state index in [1.165, 1.54) is 11.8 Å². The monoisotopic (exact) mass is 398 g/mol. The summed E-state index contributed by atoms with van der Waals surface area (Å²) in [6, 6.07) is 13.0. The molecule has 1 amide bonds. The molecule has 1 atom stereocenters. The van der Waals surface area contributed by atoms with Crippen LogP contribution in [0.3, 0.4) is 0 Å². The van der Waals surface area contributed by atoms with Crippen molar-refractivity contribution in [1.82, 2.24) is 10.5 Å². The van der Waals surface area contributed by atoms with E-state index in [4.69, 9.17) is 4.52 Å². The second-order valence-corrected chi connectivity index (χ2v) is 7.61. The second-order valence-electron chi connectivity index (χ2n) is 6.62. The summed E-state index contributed by atoms with van der Waals surface area (Å²) in [4.78, 5) is 23.7. The highest BCUT2D eigenvalue weighted by Gasteiger charge is 2.19. The molecule has 0 aliphatic rings. The van der Waals surface area contributed by atoms with Crippen LogP contribution in [-0.4, -0.2) is 27.9 Å². The van der Waals surface area contributed by atoms with Crippen molar-refractivity contribution in [2.45, 2.75) is 32.1 Å². The Labute approximate surface area is 167 Å². The number of rotatable bonds is 8. The molecule has 0 spiro atoms. The minimum absolute atomic E-state index is 0.168. The van der Waals surface area contributed by atoms with Crippen molar-refractivity contribution < 1.29 is 19.2 Å². The Morgan fingerprint density at radius 2 is 1.93 bits per heavy atom. The van der Waals surface area contributed by atoms with E-state index in [-0.39, 0.29) is 18.1 Å². The van der Waals surface area contributed by atoms with E-state index in [1.54, 1.807) is 0 Å².